The standard InChI is InChI=1S/C19H22F3NO3S/c1-3-18(26-2,16-7-5-4-6-8-16)14-23-27(24,25)13-15-9-11-17(12-10-15)19(20,21)22/h4-12,23H,3,13-14H2,1-2H3. The second-order valence-corrected chi connectivity index (χ2v) is 8.00. The lowest BCUT2D eigenvalue weighted by molar-refractivity contribution is -0.137. The molecule has 2 aromatic carbocycles. The van der Waals surface area contributed by atoms with E-state index in [-0.39, 0.29) is 12.1 Å². The highest BCUT2D eigenvalue weighted by Gasteiger charge is 2.32. The van der Waals surface area contributed by atoms with E-state index in [9.17, 15) is 21.6 Å². The predicted octanol–water partition coefficient (Wildman–Crippen LogP) is 4.08. The summed E-state index contributed by atoms with van der Waals surface area (Å²) in [5.74, 6) is -0.413. The normalized spacial score (nSPS) is 14.7. The summed E-state index contributed by atoms with van der Waals surface area (Å²) >= 11 is 0. The zero-order valence-electron chi connectivity index (χ0n) is 15.1. The lowest BCUT2D eigenvalue weighted by Crippen LogP contribution is -2.42. The molecule has 1 unspecified atom stereocenters. The van der Waals surface area contributed by atoms with E-state index in [1.54, 1.807) is 0 Å². The number of nitrogens with one attached hydrogen (secondary N) is 1. The molecule has 0 aliphatic carbocycles. The van der Waals surface area contributed by atoms with Crippen LogP contribution in [0.1, 0.15) is 30.0 Å². The number of hydrogen-bond acceptors (Lipinski definition) is 3. The first-order chi connectivity index (χ1) is 12.6. The number of hydrogen-bond donors (Lipinski definition) is 1. The molecule has 148 valence electrons. The van der Waals surface area contributed by atoms with Crippen molar-refractivity contribution in [2.45, 2.75) is 30.9 Å². The first-order valence-corrected chi connectivity index (χ1v) is 10.0. The van der Waals surface area contributed by atoms with Gasteiger partial charge in [0.05, 0.1) is 11.3 Å². The van der Waals surface area contributed by atoms with Gasteiger partial charge in [0.25, 0.3) is 0 Å². The fraction of sp³-hybridized carbons (Fsp3) is 0.368. The zero-order chi connectivity index (χ0) is 20.1. The SMILES string of the molecule is CCC(CNS(=O)(=O)Cc1ccc(C(F)(F)F)cc1)(OC)c1ccccc1. The molecule has 0 amide bonds. The summed E-state index contributed by atoms with van der Waals surface area (Å²) in [6, 6.07) is 13.3. The van der Waals surface area contributed by atoms with Crippen LogP contribution in [0.15, 0.2) is 54.6 Å². The van der Waals surface area contributed by atoms with Crippen LogP contribution in [0.25, 0.3) is 0 Å². The minimum absolute atomic E-state index is 0.0208. The number of sulfonamides is 1. The second-order valence-electron chi connectivity index (χ2n) is 6.19. The van der Waals surface area contributed by atoms with Gasteiger partial charge in [-0.1, -0.05) is 49.4 Å². The third-order valence-corrected chi connectivity index (χ3v) is 5.77. The van der Waals surface area contributed by atoms with Gasteiger partial charge < -0.3 is 4.74 Å². The van der Waals surface area contributed by atoms with Gasteiger partial charge in [0.2, 0.25) is 10.0 Å². The van der Waals surface area contributed by atoms with Crippen LogP contribution in [0.4, 0.5) is 13.2 Å². The molecule has 2 aromatic rings. The average Bonchev–Trinajstić information content (AvgIpc) is 2.63. The molecule has 0 aliphatic rings. The molecule has 2 rings (SSSR count). The minimum Gasteiger partial charge on any atom is -0.372 e. The van der Waals surface area contributed by atoms with Gasteiger partial charge >= 0.3 is 6.18 Å². The van der Waals surface area contributed by atoms with Crippen molar-refractivity contribution in [2.75, 3.05) is 13.7 Å². The average molecular weight is 401 g/mol. The third kappa shape index (κ3) is 5.54. The van der Waals surface area contributed by atoms with Gasteiger partial charge in [0.15, 0.2) is 0 Å². The van der Waals surface area contributed by atoms with Crippen molar-refractivity contribution in [1.29, 1.82) is 0 Å². The molecular formula is C19H22F3NO3S. The molecular weight excluding hydrogens is 379 g/mol. The van der Waals surface area contributed by atoms with E-state index in [0.29, 0.717) is 6.42 Å². The van der Waals surface area contributed by atoms with Gasteiger partial charge in [-0.25, -0.2) is 13.1 Å². The number of benzene rings is 2. The molecule has 27 heavy (non-hydrogen) atoms. The molecule has 0 radical (unpaired) electrons. The zero-order valence-corrected chi connectivity index (χ0v) is 15.9. The van der Waals surface area contributed by atoms with Crippen LogP contribution < -0.4 is 4.72 Å². The second kappa shape index (κ2) is 8.41. The lowest BCUT2D eigenvalue weighted by atomic mass is 9.91. The molecule has 1 atom stereocenters. The van der Waals surface area contributed by atoms with Crippen LogP contribution >= 0.6 is 0 Å². The van der Waals surface area contributed by atoms with Gasteiger partial charge in [-0.3, -0.25) is 0 Å². The van der Waals surface area contributed by atoms with Crippen LogP contribution in [0.2, 0.25) is 0 Å². The third-order valence-electron chi connectivity index (χ3n) is 4.48. The van der Waals surface area contributed by atoms with Crippen molar-refractivity contribution in [1.82, 2.24) is 4.72 Å². The highest BCUT2D eigenvalue weighted by atomic mass is 32.2. The summed E-state index contributed by atoms with van der Waals surface area (Å²) in [4.78, 5) is 0. The molecule has 4 nitrogen and oxygen atoms in total. The first kappa shape index (κ1) is 21.4. The molecule has 0 aliphatic heterocycles. The topological polar surface area (TPSA) is 55.4 Å². The highest BCUT2D eigenvalue weighted by molar-refractivity contribution is 7.88. The molecule has 1 N–H and O–H groups in total. The molecule has 0 heterocycles. The lowest BCUT2D eigenvalue weighted by Gasteiger charge is -2.32. The summed E-state index contributed by atoms with van der Waals surface area (Å²) in [5, 5.41) is 0. The van der Waals surface area contributed by atoms with Crippen molar-refractivity contribution < 1.29 is 26.3 Å². The van der Waals surface area contributed by atoms with Crippen molar-refractivity contribution in [3.8, 4) is 0 Å². The minimum atomic E-state index is -4.45. The van der Waals surface area contributed by atoms with Gasteiger partial charge in [0, 0.05) is 13.7 Å². The maximum atomic E-state index is 12.6. The van der Waals surface area contributed by atoms with E-state index >= 15 is 0 Å². The van der Waals surface area contributed by atoms with Gasteiger partial charge in [-0.2, -0.15) is 13.2 Å². The van der Waals surface area contributed by atoms with Crippen LogP contribution in [-0.2, 0) is 32.3 Å². The Bertz CT molecular complexity index is 831. The largest absolute Gasteiger partial charge is 0.416 e. The molecule has 0 saturated heterocycles. The maximum Gasteiger partial charge on any atom is 0.416 e. The Morgan fingerprint density at radius 2 is 1.56 bits per heavy atom. The monoisotopic (exact) mass is 401 g/mol. The van der Waals surface area contributed by atoms with Gasteiger partial charge in [0.1, 0.15) is 5.60 Å². The summed E-state index contributed by atoms with van der Waals surface area (Å²) in [7, 11) is -2.24. The molecule has 0 bridgehead atoms. The quantitative estimate of drug-likeness (QED) is 0.725. The Balaban J connectivity index is 2.11. The number of alkyl halides is 3. The van der Waals surface area contributed by atoms with E-state index in [1.807, 2.05) is 37.3 Å². The predicted molar refractivity (Wildman–Crippen MR) is 97.5 cm³/mol. The summed E-state index contributed by atoms with van der Waals surface area (Å²) in [6.45, 7) is 1.91. The fourth-order valence-electron chi connectivity index (χ4n) is 2.79. The molecule has 0 fully saturated rings. The van der Waals surface area contributed by atoms with Crippen LogP contribution in [0.5, 0.6) is 0 Å². The van der Waals surface area contributed by atoms with E-state index < -0.39 is 33.1 Å². The number of methoxy groups -OCH3 is 1. The Hall–Kier alpha value is -1.90. The highest BCUT2D eigenvalue weighted by Crippen LogP contribution is 2.30. The number of halogens is 3. The number of ether oxygens (including phenoxy) is 1. The van der Waals surface area contributed by atoms with Crippen LogP contribution in [0, 0.1) is 0 Å². The Labute approximate surface area is 157 Å². The summed E-state index contributed by atoms with van der Waals surface area (Å²) < 4.78 is 70.8. The van der Waals surface area contributed by atoms with Crippen LogP contribution in [0.3, 0.4) is 0 Å². The maximum absolute atomic E-state index is 12.6. The molecule has 8 heteroatoms. The first-order valence-electron chi connectivity index (χ1n) is 8.36. The van der Waals surface area contributed by atoms with E-state index in [0.717, 1.165) is 17.7 Å². The van der Waals surface area contributed by atoms with E-state index in [4.69, 9.17) is 4.74 Å². The fourth-order valence-corrected chi connectivity index (χ4v) is 3.98. The smallest absolute Gasteiger partial charge is 0.372 e. The van der Waals surface area contributed by atoms with Crippen LogP contribution in [-0.4, -0.2) is 22.1 Å². The molecule has 0 aromatic heterocycles. The summed E-state index contributed by atoms with van der Waals surface area (Å²) in [5.41, 5.74) is -0.527. The summed E-state index contributed by atoms with van der Waals surface area (Å²) in [6.07, 6.45) is -3.92. The number of rotatable bonds is 8. The van der Waals surface area contributed by atoms with Gasteiger partial charge in [-0.05, 0) is 29.7 Å². The van der Waals surface area contributed by atoms with E-state index in [1.165, 1.54) is 19.2 Å². The molecule has 0 saturated carbocycles. The van der Waals surface area contributed by atoms with Crippen molar-refractivity contribution >= 4 is 10.0 Å². The van der Waals surface area contributed by atoms with Crippen molar-refractivity contribution in [2.24, 2.45) is 0 Å². The Morgan fingerprint density at radius 3 is 2.04 bits per heavy atom. The Morgan fingerprint density at radius 1 is 0.963 bits per heavy atom. The van der Waals surface area contributed by atoms with Crippen molar-refractivity contribution in [3.05, 3.63) is 71.3 Å². The molecule has 0 spiro atoms. The van der Waals surface area contributed by atoms with E-state index in [2.05, 4.69) is 4.72 Å². The van der Waals surface area contributed by atoms with Gasteiger partial charge in [-0.15, -0.1) is 0 Å². The Kier molecular flexibility index (Phi) is 6.67. The van der Waals surface area contributed by atoms with Crippen molar-refractivity contribution in [3.63, 3.8) is 0 Å².